The van der Waals surface area contributed by atoms with Gasteiger partial charge in [0.1, 0.15) is 5.65 Å². The fourth-order valence-corrected chi connectivity index (χ4v) is 4.71. The normalized spacial score (nSPS) is 20.8. The summed E-state index contributed by atoms with van der Waals surface area (Å²) < 4.78 is 21.7. The van der Waals surface area contributed by atoms with Crippen LogP contribution in [0.5, 0.6) is 5.88 Å². The molecule has 172 valence electrons. The van der Waals surface area contributed by atoms with Crippen LogP contribution < -0.4 is 15.4 Å². The number of aromatic nitrogens is 5. The van der Waals surface area contributed by atoms with E-state index in [1.54, 1.807) is 37.0 Å². The highest BCUT2D eigenvalue weighted by atomic mass is 19.1. The van der Waals surface area contributed by atoms with Gasteiger partial charge in [0.15, 0.2) is 11.5 Å². The Morgan fingerprint density at radius 3 is 2.85 bits per heavy atom. The van der Waals surface area contributed by atoms with Gasteiger partial charge >= 0.3 is 0 Å². The van der Waals surface area contributed by atoms with E-state index in [-0.39, 0.29) is 23.1 Å². The van der Waals surface area contributed by atoms with Gasteiger partial charge in [0.05, 0.1) is 12.5 Å². The van der Waals surface area contributed by atoms with E-state index in [0.717, 1.165) is 31.2 Å². The average molecular weight is 452 g/mol. The average Bonchev–Trinajstić information content (AvgIpc) is 3.41. The highest BCUT2D eigenvalue weighted by molar-refractivity contribution is 5.97. The number of amides is 1. The Morgan fingerprint density at radius 2 is 2.12 bits per heavy atom. The molecule has 1 aliphatic carbocycles. The lowest BCUT2D eigenvalue weighted by Gasteiger charge is -2.38. The highest BCUT2D eigenvalue weighted by Gasteiger charge is 2.32. The molecule has 33 heavy (non-hydrogen) atoms. The molecule has 0 bridgehead atoms. The minimum Gasteiger partial charge on any atom is -0.480 e. The predicted molar refractivity (Wildman–Crippen MR) is 123 cm³/mol. The molecule has 1 saturated carbocycles. The van der Waals surface area contributed by atoms with Crippen LogP contribution in [0.1, 0.15) is 39.5 Å². The van der Waals surface area contributed by atoms with Crippen LogP contribution in [0, 0.1) is 5.82 Å². The second-order valence-electron chi connectivity index (χ2n) is 8.88. The molecule has 0 aromatic carbocycles. The first kappa shape index (κ1) is 21.2. The number of ether oxygens (including phenoxy) is 1. The van der Waals surface area contributed by atoms with E-state index in [4.69, 9.17) is 4.74 Å². The summed E-state index contributed by atoms with van der Waals surface area (Å²) in [4.78, 5) is 27.9. The van der Waals surface area contributed by atoms with Crippen LogP contribution in [-0.4, -0.2) is 48.9 Å². The number of nitrogens with one attached hydrogen (secondary N) is 3. The van der Waals surface area contributed by atoms with Crippen LogP contribution in [0.25, 0.3) is 27.8 Å². The van der Waals surface area contributed by atoms with Gasteiger partial charge in [0, 0.05) is 54.4 Å². The molecule has 1 aliphatic rings. The zero-order chi connectivity index (χ0) is 23.2. The zero-order valence-corrected chi connectivity index (χ0v) is 18.8. The zero-order valence-electron chi connectivity index (χ0n) is 18.8. The molecule has 0 atom stereocenters. The summed E-state index contributed by atoms with van der Waals surface area (Å²) in [6.07, 6.45) is 10.4. The van der Waals surface area contributed by atoms with E-state index in [1.807, 2.05) is 6.20 Å². The molecule has 10 heteroatoms. The minimum absolute atomic E-state index is 0.00273. The number of anilines is 1. The van der Waals surface area contributed by atoms with Crippen LogP contribution in [0.3, 0.4) is 0 Å². The third-order valence-corrected chi connectivity index (χ3v) is 6.35. The third kappa shape index (κ3) is 3.96. The number of carbonyl (C=O) groups is 1. The lowest BCUT2D eigenvalue weighted by Crippen LogP contribution is -2.49. The number of carbonyl (C=O) groups excluding carboxylic acids is 1. The Hall–Kier alpha value is -3.69. The molecule has 4 aromatic heterocycles. The van der Waals surface area contributed by atoms with E-state index in [2.05, 4.69) is 37.5 Å². The summed E-state index contributed by atoms with van der Waals surface area (Å²) in [6.45, 7) is 3.64. The highest BCUT2D eigenvalue weighted by Crippen LogP contribution is 2.35. The first-order valence-corrected chi connectivity index (χ1v) is 11.0. The Bertz CT molecular complexity index is 1340. The molecule has 0 radical (unpaired) electrons. The predicted octanol–water partition coefficient (Wildman–Crippen LogP) is 3.67. The van der Waals surface area contributed by atoms with Crippen molar-refractivity contribution in [1.29, 1.82) is 0 Å². The maximum Gasteiger partial charge on any atom is 0.228 e. The number of methoxy groups -OCH3 is 1. The van der Waals surface area contributed by atoms with E-state index >= 15 is 0 Å². The molecule has 4 heterocycles. The lowest BCUT2D eigenvalue weighted by atomic mass is 9.81. The van der Waals surface area contributed by atoms with Crippen LogP contribution in [-0.2, 0) is 4.79 Å². The van der Waals surface area contributed by atoms with E-state index in [9.17, 15) is 9.18 Å². The number of hydrogen-bond acceptors (Lipinski definition) is 6. The van der Waals surface area contributed by atoms with Gasteiger partial charge in [-0.2, -0.15) is 9.97 Å². The van der Waals surface area contributed by atoms with Crippen molar-refractivity contribution >= 4 is 28.5 Å². The molecule has 0 unspecified atom stereocenters. The number of pyridine rings is 1. The number of nitrogens with zero attached hydrogens (tertiary/aromatic N) is 4. The maximum atomic E-state index is 14.5. The molecule has 0 aliphatic heterocycles. The molecule has 9 nitrogen and oxygen atoms in total. The Kier molecular flexibility index (Phi) is 5.15. The molecule has 4 aromatic rings. The number of fused-ring (bicyclic) bond motifs is 2. The van der Waals surface area contributed by atoms with E-state index in [1.165, 1.54) is 6.07 Å². The number of halogens is 1. The monoisotopic (exact) mass is 451 g/mol. The van der Waals surface area contributed by atoms with Gasteiger partial charge in [0.25, 0.3) is 0 Å². The van der Waals surface area contributed by atoms with Gasteiger partial charge in [0.2, 0.25) is 17.7 Å². The first-order chi connectivity index (χ1) is 15.8. The quantitative estimate of drug-likeness (QED) is 0.427. The molecular weight excluding hydrogens is 425 g/mol. The van der Waals surface area contributed by atoms with Gasteiger partial charge < -0.3 is 24.8 Å². The van der Waals surface area contributed by atoms with Crippen LogP contribution >= 0.6 is 0 Å². The molecule has 5 rings (SSSR count). The molecule has 1 fully saturated rings. The van der Waals surface area contributed by atoms with E-state index < -0.39 is 5.82 Å². The van der Waals surface area contributed by atoms with Crippen LogP contribution in [0.15, 0.2) is 30.9 Å². The van der Waals surface area contributed by atoms with Crippen molar-refractivity contribution in [2.45, 2.75) is 51.1 Å². The smallest absolute Gasteiger partial charge is 0.228 e. The fraction of sp³-hybridized carbons (Fsp3) is 0.391. The van der Waals surface area contributed by atoms with Crippen LogP contribution in [0.2, 0.25) is 0 Å². The summed E-state index contributed by atoms with van der Waals surface area (Å²) in [6, 6.07) is 1.64. The van der Waals surface area contributed by atoms with Crippen molar-refractivity contribution in [1.82, 2.24) is 29.7 Å². The lowest BCUT2D eigenvalue weighted by molar-refractivity contribution is -0.121. The minimum atomic E-state index is -0.409. The first-order valence-electron chi connectivity index (χ1n) is 11.0. The number of hydrogen-bond donors (Lipinski definition) is 3. The Labute approximate surface area is 189 Å². The summed E-state index contributed by atoms with van der Waals surface area (Å²) >= 11 is 0. The maximum absolute atomic E-state index is 14.5. The molecule has 1 amide bonds. The summed E-state index contributed by atoms with van der Waals surface area (Å²) in [5, 5.41) is 7.16. The standard InChI is InChI=1S/C23H26FN7O2/c1-13(32)30-23(2)6-4-15(5-7-23)27-22-28-19-18(21(29-22)33-3)16(11-26-19)14-10-17(24)20-25-8-9-31(20)12-14/h8-12,15H,4-7H2,1-3H3,(H,30,32)(H2,26,27,28,29)/t15-,23-. The third-order valence-electron chi connectivity index (χ3n) is 6.35. The van der Waals surface area contributed by atoms with Crippen molar-refractivity contribution in [3.05, 3.63) is 36.7 Å². The van der Waals surface area contributed by atoms with Gasteiger partial charge in [-0.25, -0.2) is 9.37 Å². The number of aromatic amines is 1. The second-order valence-corrected chi connectivity index (χ2v) is 8.88. The summed E-state index contributed by atoms with van der Waals surface area (Å²) in [5.74, 6) is 0.464. The van der Waals surface area contributed by atoms with Gasteiger partial charge in [-0.1, -0.05) is 0 Å². The SMILES string of the molecule is COc1nc(N[C@H]2CC[C@](C)(NC(C)=O)CC2)nc2[nH]cc(-c3cc(F)c4nccn4c3)c12. The Morgan fingerprint density at radius 1 is 1.33 bits per heavy atom. The largest absolute Gasteiger partial charge is 0.480 e. The van der Waals surface area contributed by atoms with Gasteiger partial charge in [-0.15, -0.1) is 0 Å². The molecule has 3 N–H and O–H groups in total. The van der Waals surface area contributed by atoms with Gasteiger partial charge in [-0.3, -0.25) is 4.79 Å². The number of H-pyrrole nitrogens is 1. The number of rotatable bonds is 5. The molecular formula is C23H26FN7O2. The van der Waals surface area contributed by atoms with Crippen LogP contribution in [0.4, 0.5) is 10.3 Å². The topological polar surface area (TPSA) is 109 Å². The Balaban J connectivity index is 1.42. The molecule has 0 spiro atoms. The van der Waals surface area contributed by atoms with Crippen molar-refractivity contribution in [2.24, 2.45) is 0 Å². The second kappa shape index (κ2) is 8.02. The number of imidazole rings is 1. The molecule has 0 saturated heterocycles. The van der Waals surface area contributed by atoms with Gasteiger partial charge in [-0.05, 0) is 38.7 Å². The van der Waals surface area contributed by atoms with Crippen molar-refractivity contribution in [2.75, 3.05) is 12.4 Å². The van der Waals surface area contributed by atoms with Crippen molar-refractivity contribution in [3.8, 4) is 17.0 Å². The fourth-order valence-electron chi connectivity index (χ4n) is 4.71. The summed E-state index contributed by atoms with van der Waals surface area (Å²) in [7, 11) is 1.56. The van der Waals surface area contributed by atoms with Crippen molar-refractivity contribution < 1.29 is 13.9 Å². The van der Waals surface area contributed by atoms with Crippen molar-refractivity contribution in [3.63, 3.8) is 0 Å². The van der Waals surface area contributed by atoms with E-state index in [0.29, 0.717) is 28.4 Å². The summed E-state index contributed by atoms with van der Waals surface area (Å²) in [5.41, 5.74) is 2.11.